The SMILES string of the molecule is CNC(=O)NCCN1C(=O)C(NC)(NC)Oc2cc(NC)c(C(=O)N(C(C)C)C3CCCN(OC(=O)C(C)(C)C)C3)cc21. The summed E-state index contributed by atoms with van der Waals surface area (Å²) in [5.41, 5.74) is 0.645. The minimum absolute atomic E-state index is 0.130. The fraction of sp³-hybridized carbons (Fsp3) is 0.655. The maximum absolute atomic E-state index is 14.3. The number of hydrogen-bond acceptors (Lipinski definition) is 10. The lowest BCUT2D eigenvalue weighted by Crippen LogP contribution is -2.70. The molecule has 14 heteroatoms. The maximum atomic E-state index is 14.3. The summed E-state index contributed by atoms with van der Waals surface area (Å²) in [7, 11) is 6.43. The normalized spacial score (nSPS) is 18.4. The van der Waals surface area contributed by atoms with E-state index in [-0.39, 0.29) is 43.1 Å². The molecule has 240 valence electrons. The number of amides is 4. The van der Waals surface area contributed by atoms with E-state index in [0.29, 0.717) is 35.8 Å². The van der Waals surface area contributed by atoms with Crippen molar-refractivity contribution in [2.24, 2.45) is 5.41 Å². The number of likely N-dealkylation sites (N-methyl/N-ethyl adjacent to an activating group) is 2. The third-order valence-electron chi connectivity index (χ3n) is 7.62. The number of piperidine rings is 1. The first-order valence-corrected chi connectivity index (χ1v) is 14.7. The van der Waals surface area contributed by atoms with Gasteiger partial charge in [0, 0.05) is 51.9 Å². The summed E-state index contributed by atoms with van der Waals surface area (Å²) < 4.78 is 6.16. The molecular formula is C29H48N8O6. The molecule has 4 amide bonds. The van der Waals surface area contributed by atoms with E-state index in [9.17, 15) is 19.2 Å². The molecule has 1 fully saturated rings. The van der Waals surface area contributed by atoms with Gasteiger partial charge in [-0.2, -0.15) is 0 Å². The summed E-state index contributed by atoms with van der Waals surface area (Å²) in [6.45, 7) is 10.6. The summed E-state index contributed by atoms with van der Waals surface area (Å²) in [4.78, 5) is 61.4. The molecule has 0 spiro atoms. The van der Waals surface area contributed by atoms with Crippen molar-refractivity contribution in [2.75, 3.05) is 64.6 Å². The summed E-state index contributed by atoms with van der Waals surface area (Å²) in [5.74, 6) is -2.15. The van der Waals surface area contributed by atoms with E-state index in [0.717, 1.165) is 12.8 Å². The van der Waals surface area contributed by atoms with E-state index >= 15 is 0 Å². The van der Waals surface area contributed by atoms with Crippen molar-refractivity contribution in [3.8, 4) is 5.75 Å². The van der Waals surface area contributed by atoms with Crippen LogP contribution in [-0.2, 0) is 14.4 Å². The number of hydroxylamine groups is 2. The van der Waals surface area contributed by atoms with Gasteiger partial charge in [-0.3, -0.25) is 20.2 Å². The van der Waals surface area contributed by atoms with Crippen LogP contribution < -0.4 is 36.2 Å². The Morgan fingerprint density at radius 3 is 2.37 bits per heavy atom. The molecule has 1 aromatic rings. The van der Waals surface area contributed by atoms with E-state index in [1.807, 2.05) is 18.7 Å². The molecule has 0 aromatic heterocycles. The van der Waals surface area contributed by atoms with Gasteiger partial charge < -0.3 is 35.3 Å². The van der Waals surface area contributed by atoms with Crippen LogP contribution in [0.2, 0.25) is 0 Å². The molecule has 0 saturated carbocycles. The average Bonchev–Trinajstić information content (AvgIpc) is 2.96. The molecular weight excluding hydrogens is 556 g/mol. The third-order valence-corrected chi connectivity index (χ3v) is 7.62. The van der Waals surface area contributed by atoms with Crippen molar-refractivity contribution in [1.82, 2.24) is 31.2 Å². The van der Waals surface area contributed by atoms with Crippen molar-refractivity contribution >= 4 is 35.2 Å². The number of carbonyl (C=O) groups excluding carboxylic acids is 4. The van der Waals surface area contributed by atoms with Crippen molar-refractivity contribution in [1.29, 1.82) is 0 Å². The standard InChI is InChI=1S/C29H48N8O6/c1-18(2)37(19-11-10-13-35(17-19)43-26(40)28(3,4)5)24(38)20-15-22-23(16-21(20)30-6)42-29(32-8,33-9)25(39)36(22)14-12-34-27(41)31-7/h15-16,18-19,30,32-33H,10-14,17H2,1-9H3,(H2,31,34,41). The number of anilines is 2. The largest absolute Gasteiger partial charge is 0.448 e. The van der Waals surface area contributed by atoms with E-state index in [1.165, 1.54) is 11.9 Å². The third kappa shape index (κ3) is 7.31. The predicted octanol–water partition coefficient (Wildman–Crippen LogP) is 1.29. The highest BCUT2D eigenvalue weighted by Gasteiger charge is 2.47. The van der Waals surface area contributed by atoms with Gasteiger partial charge in [-0.15, -0.1) is 5.06 Å². The van der Waals surface area contributed by atoms with Crippen LogP contribution in [0.1, 0.15) is 57.8 Å². The first kappa shape index (κ1) is 33.9. The second kappa shape index (κ2) is 13.8. The topological polar surface area (TPSA) is 157 Å². The fourth-order valence-electron chi connectivity index (χ4n) is 5.23. The zero-order valence-corrected chi connectivity index (χ0v) is 26.8. The van der Waals surface area contributed by atoms with Gasteiger partial charge in [0.2, 0.25) is 0 Å². The highest BCUT2D eigenvalue weighted by Crippen LogP contribution is 2.41. The molecule has 1 aromatic carbocycles. The highest BCUT2D eigenvalue weighted by atomic mass is 16.7. The first-order chi connectivity index (χ1) is 20.2. The van der Waals surface area contributed by atoms with E-state index in [2.05, 4.69) is 26.6 Å². The molecule has 5 N–H and O–H groups in total. The first-order valence-electron chi connectivity index (χ1n) is 14.7. The van der Waals surface area contributed by atoms with Gasteiger partial charge in [-0.1, -0.05) is 0 Å². The Kier molecular flexibility index (Phi) is 10.9. The van der Waals surface area contributed by atoms with Gasteiger partial charge in [-0.25, -0.2) is 9.59 Å². The van der Waals surface area contributed by atoms with Crippen LogP contribution >= 0.6 is 0 Å². The highest BCUT2D eigenvalue weighted by molar-refractivity contribution is 6.07. The quantitative estimate of drug-likeness (QED) is 0.247. The Morgan fingerprint density at radius 2 is 1.81 bits per heavy atom. The molecule has 43 heavy (non-hydrogen) atoms. The second-order valence-electron chi connectivity index (χ2n) is 12.0. The van der Waals surface area contributed by atoms with Gasteiger partial charge in [0.05, 0.1) is 28.9 Å². The Morgan fingerprint density at radius 1 is 1.14 bits per heavy atom. The van der Waals surface area contributed by atoms with Gasteiger partial charge in [-0.05, 0) is 67.6 Å². The number of benzene rings is 1. The van der Waals surface area contributed by atoms with Gasteiger partial charge in [0.25, 0.3) is 11.8 Å². The van der Waals surface area contributed by atoms with Crippen LogP contribution in [0.4, 0.5) is 16.2 Å². The van der Waals surface area contributed by atoms with E-state index in [4.69, 9.17) is 9.57 Å². The molecule has 1 saturated heterocycles. The van der Waals surface area contributed by atoms with Crippen molar-refractivity contribution in [2.45, 2.75) is 65.4 Å². The lowest BCUT2D eigenvalue weighted by atomic mass is 9.97. The zero-order chi connectivity index (χ0) is 32.1. The predicted molar refractivity (Wildman–Crippen MR) is 164 cm³/mol. The smallest absolute Gasteiger partial charge is 0.330 e. The molecule has 1 unspecified atom stereocenters. The molecule has 2 aliphatic heterocycles. The maximum Gasteiger partial charge on any atom is 0.330 e. The minimum Gasteiger partial charge on any atom is -0.448 e. The number of fused-ring (bicyclic) bond motifs is 1. The molecule has 2 aliphatic rings. The molecule has 3 rings (SSSR count). The number of carbonyl (C=O) groups is 4. The van der Waals surface area contributed by atoms with Crippen LogP contribution in [0.25, 0.3) is 0 Å². The summed E-state index contributed by atoms with van der Waals surface area (Å²) in [6, 6.07) is 2.61. The lowest BCUT2D eigenvalue weighted by Gasteiger charge is -2.43. The number of nitrogens with zero attached hydrogens (tertiary/aromatic N) is 3. The van der Waals surface area contributed by atoms with Gasteiger partial charge >= 0.3 is 17.9 Å². The van der Waals surface area contributed by atoms with E-state index in [1.54, 1.807) is 59.1 Å². The van der Waals surface area contributed by atoms with Crippen molar-refractivity contribution in [3.63, 3.8) is 0 Å². The van der Waals surface area contributed by atoms with E-state index < -0.39 is 17.2 Å². The van der Waals surface area contributed by atoms with Gasteiger partial charge in [0.15, 0.2) is 0 Å². The fourth-order valence-corrected chi connectivity index (χ4v) is 5.23. The molecule has 0 bridgehead atoms. The Balaban J connectivity index is 2.00. The number of ether oxygens (including phenoxy) is 1. The van der Waals surface area contributed by atoms with Crippen molar-refractivity contribution < 1.29 is 28.8 Å². The average molecular weight is 605 g/mol. The summed E-state index contributed by atoms with van der Waals surface area (Å²) in [5, 5.41) is 15.8. The minimum atomic E-state index is -1.55. The number of nitrogens with one attached hydrogen (secondary N) is 5. The Bertz CT molecular complexity index is 1200. The lowest BCUT2D eigenvalue weighted by molar-refractivity contribution is -0.208. The summed E-state index contributed by atoms with van der Waals surface area (Å²) >= 11 is 0. The number of rotatable bonds is 10. The van der Waals surface area contributed by atoms with Crippen LogP contribution in [0.15, 0.2) is 12.1 Å². The van der Waals surface area contributed by atoms with Crippen LogP contribution in [0, 0.1) is 5.41 Å². The number of urea groups is 1. The second-order valence-corrected chi connectivity index (χ2v) is 12.0. The van der Waals surface area contributed by atoms with Crippen molar-refractivity contribution in [3.05, 3.63) is 17.7 Å². The zero-order valence-electron chi connectivity index (χ0n) is 26.8. The molecule has 0 radical (unpaired) electrons. The number of hydrogen-bond donors (Lipinski definition) is 5. The van der Waals surface area contributed by atoms with Gasteiger partial charge in [0.1, 0.15) is 5.75 Å². The molecule has 0 aliphatic carbocycles. The summed E-state index contributed by atoms with van der Waals surface area (Å²) in [6.07, 6.45) is 1.51. The van der Waals surface area contributed by atoms with Crippen LogP contribution in [0.5, 0.6) is 5.75 Å². The monoisotopic (exact) mass is 604 g/mol. The molecule has 14 nitrogen and oxygen atoms in total. The molecule has 1 atom stereocenters. The Hall–Kier alpha value is -3.62. The Labute approximate surface area is 254 Å². The van der Waals surface area contributed by atoms with Crippen LogP contribution in [0.3, 0.4) is 0 Å². The molecule has 2 heterocycles. The van der Waals surface area contributed by atoms with Crippen LogP contribution in [-0.4, -0.2) is 106 Å².